The first-order valence-electron chi connectivity index (χ1n) is 12.2. The highest BCUT2D eigenvalue weighted by molar-refractivity contribution is 5.99. The third-order valence-electron chi connectivity index (χ3n) is 6.59. The van der Waals surface area contributed by atoms with Crippen LogP contribution in [0, 0.1) is 5.92 Å². The lowest BCUT2D eigenvalue weighted by Crippen LogP contribution is -2.46. The molecule has 0 aromatic heterocycles. The predicted molar refractivity (Wildman–Crippen MR) is 132 cm³/mol. The maximum absolute atomic E-state index is 14.8. The first-order chi connectivity index (χ1) is 18.3. The van der Waals surface area contributed by atoms with E-state index in [0.29, 0.717) is 12.0 Å². The maximum Gasteiger partial charge on any atom is 0.328 e. The van der Waals surface area contributed by atoms with Crippen molar-refractivity contribution in [2.24, 2.45) is 11.0 Å². The Morgan fingerprint density at radius 1 is 1.18 bits per heavy atom. The van der Waals surface area contributed by atoms with Crippen LogP contribution in [0.3, 0.4) is 0 Å². The molecule has 1 aliphatic carbocycles. The summed E-state index contributed by atoms with van der Waals surface area (Å²) in [7, 11) is 0. The van der Waals surface area contributed by atoms with Gasteiger partial charge in [0.05, 0.1) is 26.4 Å². The standard InChI is InChI=1S/C26H27F2N5O5/c1-2-38-25(36)22-11-16(15-37-10-9-31-32-29)14-33(22)23(34)13-30-24(35)17-7-8-21-19(12-17)18-5-3-4-6-20(18)26(21,27)28/h3-8,12,16,22H,2,9-11,13-15H2,1H3,(H,30,35). The van der Waals surface area contributed by atoms with Gasteiger partial charge in [0.2, 0.25) is 5.91 Å². The van der Waals surface area contributed by atoms with Crippen molar-refractivity contribution in [3.05, 3.63) is 69.6 Å². The number of alkyl halides is 2. The van der Waals surface area contributed by atoms with Crippen LogP contribution in [0.5, 0.6) is 0 Å². The topological polar surface area (TPSA) is 134 Å². The number of hydrogen-bond acceptors (Lipinski definition) is 6. The van der Waals surface area contributed by atoms with Crippen LogP contribution >= 0.6 is 0 Å². The van der Waals surface area contributed by atoms with E-state index in [4.69, 9.17) is 15.0 Å². The number of fused-ring (bicyclic) bond motifs is 3. The number of azide groups is 1. The van der Waals surface area contributed by atoms with E-state index in [1.54, 1.807) is 25.1 Å². The summed E-state index contributed by atoms with van der Waals surface area (Å²) in [6.07, 6.45) is 0.332. The molecule has 2 aromatic carbocycles. The van der Waals surface area contributed by atoms with Gasteiger partial charge in [-0.15, -0.1) is 0 Å². The van der Waals surface area contributed by atoms with E-state index in [1.807, 2.05) is 0 Å². The molecule has 0 radical (unpaired) electrons. The molecule has 10 nitrogen and oxygen atoms in total. The number of esters is 1. The van der Waals surface area contributed by atoms with Gasteiger partial charge in [0, 0.05) is 40.6 Å². The molecule has 0 saturated carbocycles. The molecule has 1 aliphatic heterocycles. The van der Waals surface area contributed by atoms with E-state index < -0.39 is 29.7 Å². The van der Waals surface area contributed by atoms with Crippen LogP contribution in [0.1, 0.15) is 34.8 Å². The average Bonchev–Trinajstić information content (AvgIpc) is 3.44. The van der Waals surface area contributed by atoms with Gasteiger partial charge in [0.1, 0.15) is 6.04 Å². The Morgan fingerprint density at radius 3 is 2.71 bits per heavy atom. The minimum absolute atomic E-state index is 0.113. The van der Waals surface area contributed by atoms with Gasteiger partial charge in [0.25, 0.3) is 11.8 Å². The lowest BCUT2D eigenvalue weighted by atomic mass is 10.0. The number of benzene rings is 2. The normalized spacial score (nSPS) is 18.8. The lowest BCUT2D eigenvalue weighted by Gasteiger charge is -2.23. The van der Waals surface area contributed by atoms with Crippen LogP contribution in [0.25, 0.3) is 21.6 Å². The molecule has 1 saturated heterocycles. The monoisotopic (exact) mass is 527 g/mol. The van der Waals surface area contributed by atoms with Crippen molar-refractivity contribution in [1.29, 1.82) is 0 Å². The highest BCUT2D eigenvalue weighted by Gasteiger charge is 2.44. The molecule has 1 fully saturated rings. The van der Waals surface area contributed by atoms with Gasteiger partial charge in [-0.3, -0.25) is 9.59 Å². The summed E-state index contributed by atoms with van der Waals surface area (Å²) in [5.41, 5.74) is 8.82. The van der Waals surface area contributed by atoms with Gasteiger partial charge in [-0.2, -0.15) is 8.78 Å². The Labute approximate surface area is 217 Å². The minimum Gasteiger partial charge on any atom is -0.464 e. The van der Waals surface area contributed by atoms with Gasteiger partial charge in [0.15, 0.2) is 0 Å². The van der Waals surface area contributed by atoms with E-state index >= 15 is 0 Å². The molecule has 2 atom stereocenters. The third-order valence-corrected chi connectivity index (χ3v) is 6.59. The van der Waals surface area contributed by atoms with E-state index in [1.165, 1.54) is 29.2 Å². The quantitative estimate of drug-likeness (QED) is 0.166. The second-order valence-corrected chi connectivity index (χ2v) is 9.01. The minimum atomic E-state index is -3.15. The first kappa shape index (κ1) is 27.0. The van der Waals surface area contributed by atoms with Gasteiger partial charge < -0.3 is 19.7 Å². The third kappa shape index (κ3) is 5.46. The predicted octanol–water partition coefficient (Wildman–Crippen LogP) is 3.64. The molecule has 2 aliphatic rings. The summed E-state index contributed by atoms with van der Waals surface area (Å²) in [5.74, 6) is -4.92. The van der Waals surface area contributed by atoms with Crippen molar-refractivity contribution in [3.63, 3.8) is 0 Å². The fourth-order valence-electron chi connectivity index (χ4n) is 4.86. The van der Waals surface area contributed by atoms with Crippen molar-refractivity contribution >= 4 is 17.8 Å². The molecular formula is C26H27F2N5O5. The molecule has 2 amide bonds. The van der Waals surface area contributed by atoms with E-state index in [0.717, 1.165) is 0 Å². The summed E-state index contributed by atoms with van der Waals surface area (Å²) in [6.45, 7) is 2.31. The number of likely N-dealkylation sites (tertiary alicyclic amines) is 1. The van der Waals surface area contributed by atoms with Crippen LogP contribution in [0.2, 0.25) is 0 Å². The van der Waals surface area contributed by atoms with Gasteiger partial charge >= 0.3 is 5.97 Å². The van der Waals surface area contributed by atoms with Gasteiger partial charge in [-0.25, -0.2) is 4.79 Å². The summed E-state index contributed by atoms with van der Waals surface area (Å²) in [6, 6.07) is 9.26. The Morgan fingerprint density at radius 2 is 1.95 bits per heavy atom. The van der Waals surface area contributed by atoms with Crippen molar-refractivity contribution in [3.8, 4) is 11.1 Å². The summed E-state index contributed by atoms with van der Waals surface area (Å²) >= 11 is 0. The highest BCUT2D eigenvalue weighted by atomic mass is 19.3. The number of nitrogens with zero attached hydrogens (tertiary/aromatic N) is 4. The zero-order chi connectivity index (χ0) is 27.3. The molecule has 0 bridgehead atoms. The molecule has 4 rings (SSSR count). The zero-order valence-corrected chi connectivity index (χ0v) is 20.7. The number of carbonyl (C=O) groups excluding carboxylic acids is 3. The van der Waals surface area contributed by atoms with E-state index in [2.05, 4.69) is 15.3 Å². The Kier molecular flexibility index (Phi) is 8.23. The van der Waals surface area contributed by atoms with Crippen LogP contribution in [-0.4, -0.2) is 68.2 Å². The maximum atomic E-state index is 14.8. The summed E-state index contributed by atoms with van der Waals surface area (Å²) in [4.78, 5) is 42.3. The smallest absolute Gasteiger partial charge is 0.328 e. The molecule has 2 unspecified atom stereocenters. The number of carbonyl (C=O) groups is 3. The second-order valence-electron chi connectivity index (χ2n) is 9.01. The van der Waals surface area contributed by atoms with Gasteiger partial charge in [-0.1, -0.05) is 35.4 Å². The van der Waals surface area contributed by atoms with E-state index in [9.17, 15) is 23.2 Å². The Hall–Kier alpha value is -4.02. The molecule has 1 heterocycles. The van der Waals surface area contributed by atoms with Gasteiger partial charge in [-0.05, 0) is 42.1 Å². The average molecular weight is 528 g/mol. The van der Waals surface area contributed by atoms with Crippen LogP contribution in [-0.2, 0) is 25.0 Å². The molecule has 2 aromatic rings. The first-order valence-corrected chi connectivity index (χ1v) is 12.2. The molecule has 0 spiro atoms. The number of halogens is 2. The largest absolute Gasteiger partial charge is 0.464 e. The number of ether oxygens (including phenoxy) is 2. The van der Waals surface area contributed by atoms with Crippen molar-refractivity contribution in [2.45, 2.75) is 25.3 Å². The number of nitrogens with one attached hydrogen (secondary N) is 1. The highest BCUT2D eigenvalue weighted by Crippen LogP contribution is 2.50. The Balaban J connectivity index is 1.40. The summed E-state index contributed by atoms with van der Waals surface area (Å²) in [5, 5.41) is 5.93. The van der Waals surface area contributed by atoms with Crippen molar-refractivity contribution in [1.82, 2.24) is 10.2 Å². The van der Waals surface area contributed by atoms with Crippen molar-refractivity contribution < 1.29 is 32.6 Å². The van der Waals surface area contributed by atoms with Crippen LogP contribution in [0.4, 0.5) is 8.78 Å². The van der Waals surface area contributed by atoms with E-state index in [-0.39, 0.29) is 67.6 Å². The fraction of sp³-hybridized carbons (Fsp3) is 0.423. The van der Waals surface area contributed by atoms with Crippen LogP contribution in [0.15, 0.2) is 47.6 Å². The molecule has 12 heteroatoms. The SMILES string of the molecule is CCOC(=O)C1CC(COCCN=[N+]=[N-])CN1C(=O)CNC(=O)c1ccc2c(c1)-c1ccccc1C2(F)F. The second kappa shape index (κ2) is 11.6. The molecule has 38 heavy (non-hydrogen) atoms. The Bertz CT molecular complexity index is 1280. The zero-order valence-electron chi connectivity index (χ0n) is 20.7. The molecule has 200 valence electrons. The lowest BCUT2D eigenvalue weighted by molar-refractivity contribution is -0.152. The molecule has 1 N–H and O–H groups in total. The molecular weight excluding hydrogens is 500 g/mol. The van der Waals surface area contributed by atoms with Crippen LogP contribution < -0.4 is 5.32 Å². The fourth-order valence-corrected chi connectivity index (χ4v) is 4.86. The van der Waals surface area contributed by atoms with Crippen molar-refractivity contribution in [2.75, 3.05) is 39.5 Å². The summed E-state index contributed by atoms with van der Waals surface area (Å²) < 4.78 is 40.2. The number of rotatable bonds is 10. The number of hydrogen-bond donors (Lipinski definition) is 1. The number of amides is 2.